The molecule has 2 nitrogen and oxygen atoms in total. The summed E-state index contributed by atoms with van der Waals surface area (Å²) in [5, 5.41) is 4.08. The highest BCUT2D eigenvalue weighted by Crippen LogP contribution is 2.32. The Hall–Kier alpha value is -1.51. The van der Waals surface area contributed by atoms with Crippen LogP contribution in [0, 0.1) is 0 Å². The van der Waals surface area contributed by atoms with E-state index in [0.717, 1.165) is 22.8 Å². The molecule has 0 aromatic heterocycles. The Morgan fingerprint density at radius 3 is 2.50 bits per heavy atom. The zero-order valence-corrected chi connectivity index (χ0v) is 12.9. The number of nitrogens with one attached hydrogen (secondary N) is 1. The van der Waals surface area contributed by atoms with Crippen molar-refractivity contribution in [1.82, 2.24) is 5.32 Å². The fourth-order valence-corrected chi connectivity index (χ4v) is 2.76. The van der Waals surface area contributed by atoms with Gasteiger partial charge in [-0.25, -0.2) is 0 Å². The molecule has 106 valence electrons. The first kappa shape index (κ1) is 14.9. The molecule has 1 N–H and O–H groups in total. The van der Waals surface area contributed by atoms with Crippen LogP contribution in [0.25, 0.3) is 0 Å². The molecule has 0 aliphatic heterocycles. The van der Waals surface area contributed by atoms with E-state index in [1.807, 2.05) is 25.2 Å². The van der Waals surface area contributed by atoms with Gasteiger partial charge in [0.15, 0.2) is 0 Å². The van der Waals surface area contributed by atoms with Crippen molar-refractivity contribution in [2.75, 3.05) is 14.2 Å². The number of benzene rings is 2. The van der Waals surface area contributed by atoms with Gasteiger partial charge in [0.05, 0.1) is 13.2 Å². The molecule has 0 saturated heterocycles. The van der Waals surface area contributed by atoms with Gasteiger partial charge in [0.25, 0.3) is 0 Å². The van der Waals surface area contributed by atoms with Crippen molar-refractivity contribution in [3.63, 3.8) is 0 Å². The van der Waals surface area contributed by atoms with E-state index in [1.165, 1.54) is 11.1 Å². The van der Waals surface area contributed by atoms with Crippen LogP contribution in [-0.4, -0.2) is 14.2 Å². The highest BCUT2D eigenvalue weighted by Gasteiger charge is 2.17. The summed E-state index contributed by atoms with van der Waals surface area (Å²) in [5.41, 5.74) is 3.67. The minimum absolute atomic E-state index is 0.0876. The Kier molecular flexibility index (Phi) is 5.05. The topological polar surface area (TPSA) is 21.3 Å². The van der Waals surface area contributed by atoms with E-state index in [-0.39, 0.29) is 6.04 Å². The zero-order chi connectivity index (χ0) is 14.5. The monoisotopic (exact) mass is 289 g/mol. The first-order valence-corrected chi connectivity index (χ1v) is 7.17. The summed E-state index contributed by atoms with van der Waals surface area (Å²) in [7, 11) is 3.60. The molecule has 0 aliphatic carbocycles. The van der Waals surface area contributed by atoms with Gasteiger partial charge in [-0.1, -0.05) is 48.9 Å². The normalized spacial score (nSPS) is 12.2. The molecule has 20 heavy (non-hydrogen) atoms. The van der Waals surface area contributed by atoms with Gasteiger partial charge >= 0.3 is 0 Å². The highest BCUT2D eigenvalue weighted by atomic mass is 35.5. The molecule has 2 rings (SSSR count). The average Bonchev–Trinajstić information content (AvgIpc) is 2.50. The summed E-state index contributed by atoms with van der Waals surface area (Å²) in [5.74, 6) is 0.775. The molecule has 0 fully saturated rings. The molecule has 0 spiro atoms. The number of halogens is 1. The lowest BCUT2D eigenvalue weighted by molar-refractivity contribution is 0.414. The third kappa shape index (κ3) is 2.97. The Labute approximate surface area is 125 Å². The third-order valence-corrected chi connectivity index (χ3v) is 3.88. The fraction of sp³-hybridized carbons (Fsp3) is 0.294. The van der Waals surface area contributed by atoms with Gasteiger partial charge in [-0.05, 0) is 42.3 Å². The van der Waals surface area contributed by atoms with E-state index in [0.29, 0.717) is 0 Å². The predicted octanol–water partition coefficient (Wildman–Crippen LogP) is 4.22. The molecule has 0 aliphatic rings. The number of ether oxygens (including phenoxy) is 1. The summed E-state index contributed by atoms with van der Waals surface area (Å²) in [6.45, 7) is 2.17. The van der Waals surface area contributed by atoms with Crippen LogP contribution in [0.2, 0.25) is 5.02 Å². The summed E-state index contributed by atoms with van der Waals surface area (Å²) in [6.07, 6.45) is 1.00. The molecule has 2 aromatic carbocycles. The van der Waals surface area contributed by atoms with Gasteiger partial charge in [0, 0.05) is 5.02 Å². The highest BCUT2D eigenvalue weighted by molar-refractivity contribution is 6.31. The van der Waals surface area contributed by atoms with Crippen LogP contribution in [0.5, 0.6) is 5.75 Å². The number of methoxy groups -OCH3 is 1. The van der Waals surface area contributed by atoms with Crippen molar-refractivity contribution >= 4 is 11.6 Å². The number of rotatable bonds is 5. The summed E-state index contributed by atoms with van der Waals surface area (Å²) in [6, 6.07) is 14.4. The van der Waals surface area contributed by atoms with E-state index in [9.17, 15) is 0 Å². The van der Waals surface area contributed by atoms with Crippen molar-refractivity contribution < 1.29 is 4.74 Å². The SMILES string of the molecule is CCc1ccccc1C(NC)c1ccc(OC)cc1Cl. The first-order chi connectivity index (χ1) is 9.71. The van der Waals surface area contributed by atoms with Crippen LogP contribution >= 0.6 is 11.6 Å². The molecule has 3 heteroatoms. The Morgan fingerprint density at radius 1 is 1.15 bits per heavy atom. The van der Waals surface area contributed by atoms with Crippen LogP contribution in [0.4, 0.5) is 0 Å². The van der Waals surface area contributed by atoms with Crippen molar-refractivity contribution in [3.8, 4) is 5.75 Å². The van der Waals surface area contributed by atoms with E-state index in [1.54, 1.807) is 7.11 Å². The maximum atomic E-state index is 6.41. The maximum Gasteiger partial charge on any atom is 0.120 e. The average molecular weight is 290 g/mol. The Morgan fingerprint density at radius 2 is 1.90 bits per heavy atom. The van der Waals surface area contributed by atoms with Crippen LogP contribution < -0.4 is 10.1 Å². The lowest BCUT2D eigenvalue weighted by atomic mass is 9.93. The lowest BCUT2D eigenvalue weighted by Gasteiger charge is -2.21. The smallest absolute Gasteiger partial charge is 0.120 e. The van der Waals surface area contributed by atoms with E-state index in [4.69, 9.17) is 16.3 Å². The molecule has 1 atom stereocenters. The standard InChI is InChI=1S/C17H20ClNO/c1-4-12-7-5-6-8-14(12)17(19-2)15-10-9-13(20-3)11-16(15)18/h5-11,17,19H,4H2,1-3H3. The number of aryl methyl sites for hydroxylation is 1. The molecular formula is C17H20ClNO. The number of hydrogen-bond donors (Lipinski definition) is 1. The molecule has 0 radical (unpaired) electrons. The second-order valence-corrected chi connectivity index (χ2v) is 5.07. The van der Waals surface area contributed by atoms with Gasteiger partial charge in [0.2, 0.25) is 0 Å². The number of hydrogen-bond acceptors (Lipinski definition) is 2. The second-order valence-electron chi connectivity index (χ2n) is 4.66. The summed E-state index contributed by atoms with van der Waals surface area (Å²) >= 11 is 6.41. The largest absolute Gasteiger partial charge is 0.497 e. The quantitative estimate of drug-likeness (QED) is 0.890. The molecule has 2 aromatic rings. The van der Waals surface area contributed by atoms with Crippen molar-refractivity contribution in [2.24, 2.45) is 0 Å². The Balaban J connectivity index is 2.47. The molecule has 0 heterocycles. The van der Waals surface area contributed by atoms with Crippen molar-refractivity contribution in [1.29, 1.82) is 0 Å². The molecule has 0 amide bonds. The lowest BCUT2D eigenvalue weighted by Crippen LogP contribution is -2.19. The minimum atomic E-state index is 0.0876. The summed E-state index contributed by atoms with van der Waals surface area (Å²) in [4.78, 5) is 0. The van der Waals surface area contributed by atoms with Gasteiger partial charge in [-0.2, -0.15) is 0 Å². The minimum Gasteiger partial charge on any atom is -0.497 e. The van der Waals surface area contributed by atoms with Crippen LogP contribution in [-0.2, 0) is 6.42 Å². The zero-order valence-electron chi connectivity index (χ0n) is 12.1. The van der Waals surface area contributed by atoms with E-state index in [2.05, 4.69) is 36.5 Å². The Bertz CT molecular complexity index is 583. The summed E-state index contributed by atoms with van der Waals surface area (Å²) < 4.78 is 5.21. The van der Waals surface area contributed by atoms with Crippen molar-refractivity contribution in [2.45, 2.75) is 19.4 Å². The van der Waals surface area contributed by atoms with E-state index < -0.39 is 0 Å². The van der Waals surface area contributed by atoms with Gasteiger partial charge in [-0.15, -0.1) is 0 Å². The van der Waals surface area contributed by atoms with E-state index >= 15 is 0 Å². The second kappa shape index (κ2) is 6.78. The molecule has 0 bridgehead atoms. The fourth-order valence-electron chi connectivity index (χ4n) is 2.49. The van der Waals surface area contributed by atoms with Crippen LogP contribution in [0.15, 0.2) is 42.5 Å². The van der Waals surface area contributed by atoms with Gasteiger partial charge in [0.1, 0.15) is 5.75 Å². The molecular weight excluding hydrogens is 270 g/mol. The van der Waals surface area contributed by atoms with Crippen molar-refractivity contribution in [3.05, 3.63) is 64.2 Å². The molecule has 0 saturated carbocycles. The predicted molar refractivity (Wildman–Crippen MR) is 84.7 cm³/mol. The first-order valence-electron chi connectivity index (χ1n) is 6.79. The maximum absolute atomic E-state index is 6.41. The van der Waals surface area contributed by atoms with Crippen LogP contribution in [0.1, 0.15) is 29.7 Å². The van der Waals surface area contributed by atoms with Gasteiger partial charge < -0.3 is 10.1 Å². The van der Waals surface area contributed by atoms with Gasteiger partial charge in [-0.3, -0.25) is 0 Å². The van der Waals surface area contributed by atoms with Crippen LogP contribution in [0.3, 0.4) is 0 Å². The third-order valence-electron chi connectivity index (χ3n) is 3.55. The molecule has 1 unspecified atom stereocenters.